The summed E-state index contributed by atoms with van der Waals surface area (Å²) in [5, 5.41) is 0.867. The van der Waals surface area contributed by atoms with Crippen molar-refractivity contribution in [3.05, 3.63) is 79.8 Å². The van der Waals surface area contributed by atoms with E-state index in [1.165, 1.54) is 23.5 Å². The minimum Gasteiger partial charge on any atom is -0.307 e. The highest BCUT2D eigenvalue weighted by molar-refractivity contribution is 8.00. The van der Waals surface area contributed by atoms with Gasteiger partial charge in [-0.1, -0.05) is 47.2 Å². The molecule has 2 amide bonds. The topological polar surface area (TPSA) is 70.2 Å². The fourth-order valence-electron chi connectivity index (χ4n) is 7.24. The van der Waals surface area contributed by atoms with E-state index in [0.717, 1.165) is 44.5 Å². The summed E-state index contributed by atoms with van der Waals surface area (Å²) in [7, 11) is 0. The lowest BCUT2D eigenvalue weighted by Crippen LogP contribution is -2.42. The number of benzene rings is 2. The van der Waals surface area contributed by atoms with Crippen LogP contribution in [0.3, 0.4) is 0 Å². The summed E-state index contributed by atoms with van der Waals surface area (Å²) in [5.74, 6) is -2.11. The third-order valence-electron chi connectivity index (χ3n) is 8.59. The first-order valence-corrected chi connectivity index (χ1v) is 13.8. The Morgan fingerprint density at radius 2 is 1.68 bits per heavy atom. The van der Waals surface area contributed by atoms with Gasteiger partial charge in [0.25, 0.3) is 0 Å². The number of hydrogen-bond acceptors (Lipinski definition) is 5. The second-order valence-electron chi connectivity index (χ2n) is 10.4. The van der Waals surface area contributed by atoms with Gasteiger partial charge in [0.1, 0.15) is 0 Å². The number of thioether (sulfide) groups is 1. The second-order valence-corrected chi connectivity index (χ2v) is 12.6. The van der Waals surface area contributed by atoms with E-state index in [9.17, 15) is 27.6 Å². The van der Waals surface area contributed by atoms with Gasteiger partial charge < -0.3 is 4.98 Å². The van der Waals surface area contributed by atoms with Crippen LogP contribution in [0.2, 0.25) is 0 Å². The van der Waals surface area contributed by atoms with Gasteiger partial charge in [-0.15, -0.1) is 11.8 Å². The van der Waals surface area contributed by atoms with Gasteiger partial charge >= 0.3 is 11.0 Å². The number of carbonyl (C=O) groups is 2. The van der Waals surface area contributed by atoms with Crippen molar-refractivity contribution in [2.45, 2.75) is 35.7 Å². The number of H-pyrrole nitrogens is 1. The Morgan fingerprint density at radius 3 is 2.38 bits per heavy atom. The molecule has 1 saturated heterocycles. The van der Waals surface area contributed by atoms with Crippen molar-refractivity contribution in [3.63, 3.8) is 0 Å². The fourth-order valence-corrected chi connectivity index (χ4v) is 10.1. The number of carbonyl (C=O) groups excluding carboxylic acids is 2. The molecule has 37 heavy (non-hydrogen) atoms. The van der Waals surface area contributed by atoms with Gasteiger partial charge in [-0.2, -0.15) is 13.2 Å². The normalized spacial score (nSPS) is 32.0. The lowest BCUT2D eigenvalue weighted by Gasteiger charge is -2.43. The van der Waals surface area contributed by atoms with Gasteiger partial charge in [0.2, 0.25) is 11.8 Å². The highest BCUT2D eigenvalue weighted by atomic mass is 32.2. The maximum Gasteiger partial charge on any atom is 0.416 e. The Hall–Kier alpha value is -2.85. The van der Waals surface area contributed by atoms with Crippen LogP contribution in [-0.2, 0) is 15.8 Å². The molecule has 0 unspecified atom stereocenters. The smallest absolute Gasteiger partial charge is 0.307 e. The molecule has 2 aliphatic heterocycles. The largest absolute Gasteiger partial charge is 0.416 e. The van der Waals surface area contributed by atoms with Crippen LogP contribution in [0.5, 0.6) is 0 Å². The first-order valence-electron chi connectivity index (χ1n) is 12.1. The van der Waals surface area contributed by atoms with Crippen LogP contribution in [0.4, 0.5) is 18.9 Å². The van der Waals surface area contributed by atoms with Crippen LogP contribution in [0.1, 0.15) is 33.9 Å². The van der Waals surface area contributed by atoms with Crippen molar-refractivity contribution in [1.29, 1.82) is 0 Å². The Morgan fingerprint density at radius 1 is 0.973 bits per heavy atom. The highest BCUT2D eigenvalue weighted by Gasteiger charge is 2.69. The lowest BCUT2D eigenvalue weighted by molar-refractivity contribution is -0.137. The first-order chi connectivity index (χ1) is 17.6. The van der Waals surface area contributed by atoms with Gasteiger partial charge in [0, 0.05) is 16.0 Å². The summed E-state index contributed by atoms with van der Waals surface area (Å²) < 4.78 is 40.1. The number of hydrogen-bond donors (Lipinski definition) is 1. The molecule has 2 bridgehead atoms. The minimum absolute atomic E-state index is 0.0206. The zero-order valence-corrected chi connectivity index (χ0v) is 21.1. The van der Waals surface area contributed by atoms with Crippen LogP contribution in [0.25, 0.3) is 0 Å². The first kappa shape index (κ1) is 23.3. The highest BCUT2D eigenvalue weighted by Crippen LogP contribution is 2.68. The number of alkyl halides is 3. The van der Waals surface area contributed by atoms with Gasteiger partial charge in [0.15, 0.2) is 0 Å². The van der Waals surface area contributed by atoms with Crippen molar-refractivity contribution >= 4 is 40.6 Å². The average molecular weight is 543 g/mol. The summed E-state index contributed by atoms with van der Waals surface area (Å²) in [6.45, 7) is 2.01. The van der Waals surface area contributed by atoms with E-state index >= 15 is 0 Å². The molecule has 190 valence electrons. The molecule has 4 aliphatic rings. The lowest BCUT2D eigenvalue weighted by atomic mass is 9.68. The quantitative estimate of drug-likeness (QED) is 0.438. The van der Waals surface area contributed by atoms with Crippen molar-refractivity contribution < 1.29 is 22.8 Å². The Labute approximate surface area is 218 Å². The number of nitrogens with zero attached hydrogens (tertiary/aromatic N) is 1. The van der Waals surface area contributed by atoms with Crippen molar-refractivity contribution in [1.82, 2.24) is 4.98 Å². The number of aromatic amines is 1. The number of thiazole rings is 1. The summed E-state index contributed by atoms with van der Waals surface area (Å²) in [6.07, 6.45) is -3.84. The van der Waals surface area contributed by atoms with E-state index in [4.69, 9.17) is 0 Å². The zero-order chi connectivity index (χ0) is 25.8. The number of aryl methyl sites for hydroxylation is 1. The Balaban J connectivity index is 1.30. The molecule has 3 aromatic rings. The number of amides is 2. The number of halogens is 3. The molecule has 2 aliphatic carbocycles. The van der Waals surface area contributed by atoms with Crippen molar-refractivity contribution in [3.8, 4) is 0 Å². The predicted octanol–water partition coefficient (Wildman–Crippen LogP) is 5.44. The predicted molar refractivity (Wildman–Crippen MR) is 134 cm³/mol. The molecule has 7 atom stereocenters. The maximum atomic E-state index is 13.7. The molecular formula is C27H21F3N2O3S2. The van der Waals surface area contributed by atoms with E-state index in [-0.39, 0.29) is 39.5 Å². The number of anilines is 1. The van der Waals surface area contributed by atoms with Crippen molar-refractivity contribution in [2.75, 3.05) is 4.90 Å². The van der Waals surface area contributed by atoms with E-state index < -0.39 is 35.4 Å². The van der Waals surface area contributed by atoms with Crippen molar-refractivity contribution in [2.24, 2.45) is 29.6 Å². The number of fused-ring (bicyclic) bond motifs is 9. The van der Waals surface area contributed by atoms with Crippen LogP contribution >= 0.6 is 23.1 Å². The Kier molecular flexibility index (Phi) is 4.93. The molecule has 2 aromatic carbocycles. The molecule has 0 spiro atoms. The van der Waals surface area contributed by atoms with Gasteiger partial charge in [-0.05, 0) is 54.9 Å². The zero-order valence-electron chi connectivity index (χ0n) is 19.5. The monoisotopic (exact) mass is 542 g/mol. The van der Waals surface area contributed by atoms with E-state index in [1.807, 2.05) is 19.1 Å². The molecule has 0 radical (unpaired) electrons. The second kappa shape index (κ2) is 7.83. The molecule has 1 aromatic heterocycles. The van der Waals surface area contributed by atoms with Crippen LogP contribution in [-0.4, -0.2) is 22.0 Å². The molecule has 10 heteroatoms. The fraction of sp³-hybridized carbons (Fsp3) is 0.370. The number of imide groups is 1. The van der Waals surface area contributed by atoms with E-state index in [0.29, 0.717) is 0 Å². The average Bonchev–Trinajstić information content (AvgIpc) is 3.58. The minimum atomic E-state index is -4.57. The number of rotatable bonds is 2. The maximum absolute atomic E-state index is 13.7. The molecule has 5 nitrogen and oxygen atoms in total. The van der Waals surface area contributed by atoms with Gasteiger partial charge in [-0.25, -0.2) is 0 Å². The SMILES string of the molecule is Cc1ccc([C@@H]2c3sc(=O)[nH]c3S[C@@H]3[C@@H]4C[C@H]([C@H]5C(=O)N(c6cccc(C(F)(F)F)c6)C(=O)[C@H]45)[C@H]23)cc1. The molecular weight excluding hydrogens is 521 g/mol. The molecule has 7 rings (SSSR count). The summed E-state index contributed by atoms with van der Waals surface area (Å²) in [6, 6.07) is 12.7. The number of nitrogens with one attached hydrogen (secondary N) is 1. The summed E-state index contributed by atoms with van der Waals surface area (Å²) in [5.41, 5.74) is 1.29. The van der Waals surface area contributed by atoms with E-state index in [1.54, 1.807) is 11.8 Å². The summed E-state index contributed by atoms with van der Waals surface area (Å²) in [4.78, 5) is 44.5. The Bertz CT molecular complexity index is 1510. The van der Waals surface area contributed by atoms with Gasteiger partial charge in [0.05, 0.1) is 28.1 Å². The van der Waals surface area contributed by atoms with Crippen LogP contribution in [0.15, 0.2) is 58.4 Å². The van der Waals surface area contributed by atoms with Gasteiger partial charge in [-0.3, -0.25) is 19.3 Å². The number of aromatic nitrogens is 1. The van der Waals surface area contributed by atoms with Crippen LogP contribution < -0.4 is 9.77 Å². The third kappa shape index (κ3) is 3.27. The third-order valence-corrected chi connectivity index (χ3v) is 11.2. The standard InChI is InChI=1S/C27H21F3N2O3S2/c1-11-5-7-12(8-6-11)17-18-15-10-16(21(18)36-23-22(17)37-26(35)31-23)20-19(15)24(33)32(25(20)34)14-4-2-3-13(9-14)27(28,29)30/h2-9,15-21H,10H2,1H3,(H,31,35)/t15-,16+,17-,18+,19+,20+,21+/m0/s1. The molecule has 2 saturated carbocycles. The summed E-state index contributed by atoms with van der Waals surface area (Å²) >= 11 is 2.79. The molecule has 3 heterocycles. The molecule has 3 fully saturated rings. The van der Waals surface area contributed by atoms with E-state index in [2.05, 4.69) is 17.1 Å². The van der Waals surface area contributed by atoms with Crippen LogP contribution in [0, 0.1) is 36.5 Å². The molecule has 1 N–H and O–H groups in total.